The van der Waals surface area contributed by atoms with Crippen LogP contribution in [-0.4, -0.2) is 55.1 Å². The van der Waals surface area contributed by atoms with E-state index in [0.717, 1.165) is 46.4 Å². The Hall–Kier alpha value is -4.30. The highest BCUT2D eigenvalue weighted by atomic mass is 35.5. The van der Waals surface area contributed by atoms with Crippen molar-refractivity contribution >= 4 is 40.2 Å². The standard InChI is InChI=1S/C30H28ClN5O3/c1-19-28(26-15-21-5-2-3-7-25(21)36(26)17-20-8-10-23(31)11-9-20)33-27-16-22(12-14-35(19)27)29(37)34-13-4-6-24(18-34)32-30(38)39/h2-3,5,7-12,14-16,24,32H,4,6,13,17-18H2,1H3,(H,38,39)/t24-/m1/s1. The van der Waals surface area contributed by atoms with E-state index in [-0.39, 0.29) is 11.9 Å². The van der Waals surface area contributed by atoms with Crippen LogP contribution in [0.5, 0.6) is 0 Å². The zero-order chi connectivity index (χ0) is 27.1. The lowest BCUT2D eigenvalue weighted by molar-refractivity contribution is 0.0692. The molecule has 1 aliphatic heterocycles. The topological polar surface area (TPSA) is 91.9 Å². The molecule has 8 nitrogen and oxygen atoms in total. The number of aryl methyl sites for hydroxylation is 1. The molecular weight excluding hydrogens is 514 g/mol. The van der Waals surface area contributed by atoms with Crippen molar-refractivity contribution in [3.63, 3.8) is 0 Å². The van der Waals surface area contributed by atoms with Gasteiger partial charge in [0.1, 0.15) is 11.3 Å². The SMILES string of the molecule is Cc1c(-c2cc3ccccc3n2Cc2ccc(Cl)cc2)nc2cc(C(=O)N3CCC[C@@H](NC(=O)O)C3)ccn12. The number of likely N-dealkylation sites (tertiary alicyclic amines) is 1. The van der Waals surface area contributed by atoms with Crippen molar-refractivity contribution in [3.8, 4) is 11.4 Å². The van der Waals surface area contributed by atoms with Gasteiger partial charge in [0.25, 0.3) is 5.91 Å². The molecule has 2 aromatic carbocycles. The predicted octanol–water partition coefficient (Wildman–Crippen LogP) is 5.84. The third kappa shape index (κ3) is 4.83. The van der Waals surface area contributed by atoms with Gasteiger partial charge in [-0.05, 0) is 61.7 Å². The summed E-state index contributed by atoms with van der Waals surface area (Å²) in [7, 11) is 0. The first-order chi connectivity index (χ1) is 18.9. The maximum absolute atomic E-state index is 13.3. The molecule has 3 aromatic heterocycles. The van der Waals surface area contributed by atoms with E-state index < -0.39 is 6.09 Å². The van der Waals surface area contributed by atoms with Crippen molar-refractivity contribution in [2.75, 3.05) is 13.1 Å². The molecule has 4 heterocycles. The third-order valence-electron chi connectivity index (χ3n) is 7.46. The Balaban J connectivity index is 1.36. The van der Waals surface area contributed by atoms with E-state index in [9.17, 15) is 9.59 Å². The number of hydrogen-bond acceptors (Lipinski definition) is 3. The summed E-state index contributed by atoms with van der Waals surface area (Å²) in [6.45, 7) is 3.66. The number of benzene rings is 2. The van der Waals surface area contributed by atoms with Gasteiger partial charge in [0.15, 0.2) is 0 Å². The van der Waals surface area contributed by atoms with Crippen LogP contribution in [0.1, 0.15) is 34.5 Å². The quantitative estimate of drug-likeness (QED) is 0.292. The Bertz CT molecular complexity index is 1710. The van der Waals surface area contributed by atoms with Crippen molar-refractivity contribution in [2.24, 2.45) is 0 Å². The molecule has 1 aliphatic rings. The summed E-state index contributed by atoms with van der Waals surface area (Å²) in [6.07, 6.45) is 2.30. The number of para-hydroxylation sites is 1. The van der Waals surface area contributed by atoms with Gasteiger partial charge in [0.05, 0.1) is 5.69 Å². The number of aromatic nitrogens is 3. The average Bonchev–Trinajstić information content (AvgIpc) is 3.46. The normalized spacial score (nSPS) is 15.6. The minimum atomic E-state index is -1.07. The Morgan fingerprint density at radius 2 is 1.90 bits per heavy atom. The monoisotopic (exact) mass is 541 g/mol. The highest BCUT2D eigenvalue weighted by molar-refractivity contribution is 6.30. The largest absolute Gasteiger partial charge is 0.465 e. The van der Waals surface area contributed by atoms with Crippen LogP contribution in [0.4, 0.5) is 4.79 Å². The number of nitrogens with zero attached hydrogens (tertiary/aromatic N) is 4. The first kappa shape index (κ1) is 25.0. The van der Waals surface area contributed by atoms with E-state index in [4.69, 9.17) is 21.7 Å². The lowest BCUT2D eigenvalue weighted by Crippen LogP contribution is -2.49. The first-order valence-electron chi connectivity index (χ1n) is 13.0. The average molecular weight is 542 g/mol. The zero-order valence-corrected chi connectivity index (χ0v) is 22.2. The number of nitrogens with one attached hydrogen (secondary N) is 1. The van der Waals surface area contributed by atoms with Gasteiger partial charge in [-0.3, -0.25) is 4.79 Å². The number of rotatable bonds is 5. The van der Waals surface area contributed by atoms with Crippen molar-refractivity contribution in [3.05, 3.63) is 94.8 Å². The van der Waals surface area contributed by atoms with Gasteiger partial charge in [-0.1, -0.05) is 41.9 Å². The Morgan fingerprint density at radius 3 is 2.69 bits per heavy atom. The van der Waals surface area contributed by atoms with E-state index >= 15 is 0 Å². The van der Waals surface area contributed by atoms with Crippen LogP contribution in [0, 0.1) is 6.92 Å². The van der Waals surface area contributed by atoms with Crippen molar-refractivity contribution < 1.29 is 14.7 Å². The molecule has 0 saturated carbocycles. The van der Waals surface area contributed by atoms with Crippen LogP contribution in [0.25, 0.3) is 27.9 Å². The third-order valence-corrected chi connectivity index (χ3v) is 7.71. The Morgan fingerprint density at radius 1 is 1.10 bits per heavy atom. The molecule has 0 aliphatic carbocycles. The van der Waals surface area contributed by atoms with Crippen molar-refractivity contribution in [2.45, 2.75) is 32.4 Å². The molecule has 0 spiro atoms. The second kappa shape index (κ2) is 10.1. The van der Waals surface area contributed by atoms with Crippen LogP contribution in [0.15, 0.2) is 72.9 Å². The first-order valence-corrected chi connectivity index (χ1v) is 13.4. The molecule has 5 aromatic rings. The van der Waals surface area contributed by atoms with Crippen LogP contribution >= 0.6 is 11.6 Å². The Kier molecular flexibility index (Phi) is 6.48. The summed E-state index contributed by atoms with van der Waals surface area (Å²) >= 11 is 6.12. The van der Waals surface area contributed by atoms with E-state index in [1.807, 2.05) is 66.1 Å². The predicted molar refractivity (Wildman–Crippen MR) is 152 cm³/mol. The molecule has 6 rings (SSSR count). The molecule has 39 heavy (non-hydrogen) atoms. The number of fused-ring (bicyclic) bond motifs is 2. The molecule has 2 amide bonds. The molecule has 0 unspecified atom stereocenters. The Labute approximate surface area is 230 Å². The van der Waals surface area contributed by atoms with Gasteiger partial charge in [-0.15, -0.1) is 0 Å². The molecule has 1 saturated heterocycles. The lowest BCUT2D eigenvalue weighted by Gasteiger charge is -2.32. The fourth-order valence-corrected chi connectivity index (χ4v) is 5.65. The van der Waals surface area contributed by atoms with Crippen LogP contribution in [0.2, 0.25) is 5.02 Å². The van der Waals surface area contributed by atoms with Crippen LogP contribution in [0.3, 0.4) is 0 Å². The highest BCUT2D eigenvalue weighted by Crippen LogP contribution is 2.32. The van der Waals surface area contributed by atoms with E-state index in [2.05, 4.69) is 28.1 Å². The van der Waals surface area contributed by atoms with E-state index in [1.165, 1.54) is 0 Å². The number of carboxylic acid groups (broad SMARTS) is 1. The zero-order valence-electron chi connectivity index (χ0n) is 21.5. The summed E-state index contributed by atoms with van der Waals surface area (Å²) in [5.74, 6) is -0.117. The van der Waals surface area contributed by atoms with Crippen molar-refractivity contribution in [1.29, 1.82) is 0 Å². The molecular formula is C30H28ClN5O3. The summed E-state index contributed by atoms with van der Waals surface area (Å²) in [5.41, 5.74) is 6.31. The number of carbonyl (C=O) groups is 2. The van der Waals surface area contributed by atoms with Crippen molar-refractivity contribution in [1.82, 2.24) is 24.2 Å². The van der Waals surface area contributed by atoms with Gasteiger partial charge in [-0.2, -0.15) is 0 Å². The highest BCUT2D eigenvalue weighted by Gasteiger charge is 2.26. The number of amides is 2. The molecule has 0 bridgehead atoms. The maximum Gasteiger partial charge on any atom is 0.404 e. The van der Waals surface area contributed by atoms with Crippen LogP contribution in [-0.2, 0) is 6.54 Å². The number of pyridine rings is 1. The molecule has 1 fully saturated rings. The lowest BCUT2D eigenvalue weighted by atomic mass is 10.0. The van der Waals surface area contributed by atoms with Gasteiger partial charge < -0.3 is 24.3 Å². The molecule has 9 heteroatoms. The van der Waals surface area contributed by atoms with Gasteiger partial charge >= 0.3 is 6.09 Å². The molecule has 0 radical (unpaired) electrons. The fourth-order valence-electron chi connectivity index (χ4n) is 5.53. The maximum atomic E-state index is 13.3. The molecule has 2 N–H and O–H groups in total. The summed E-state index contributed by atoms with van der Waals surface area (Å²) in [4.78, 5) is 31.1. The second-order valence-electron chi connectivity index (χ2n) is 10.0. The van der Waals surface area contributed by atoms with Gasteiger partial charge in [-0.25, -0.2) is 9.78 Å². The second-order valence-corrected chi connectivity index (χ2v) is 10.5. The van der Waals surface area contributed by atoms with E-state index in [0.29, 0.717) is 35.9 Å². The number of piperidine rings is 1. The number of imidazole rings is 1. The molecule has 1 atom stereocenters. The minimum Gasteiger partial charge on any atom is -0.465 e. The fraction of sp³-hybridized carbons (Fsp3) is 0.233. The minimum absolute atomic E-state index is 0.117. The summed E-state index contributed by atoms with van der Waals surface area (Å²) < 4.78 is 4.27. The number of carbonyl (C=O) groups excluding carboxylic acids is 1. The van der Waals surface area contributed by atoms with Gasteiger partial charge in [0, 0.05) is 59.1 Å². The number of halogens is 1. The summed E-state index contributed by atoms with van der Waals surface area (Å²) in [5, 5.41) is 13.4. The number of hydrogen-bond donors (Lipinski definition) is 2. The van der Waals surface area contributed by atoms with E-state index in [1.54, 1.807) is 4.90 Å². The van der Waals surface area contributed by atoms with Gasteiger partial charge in [0.2, 0.25) is 0 Å². The summed E-state index contributed by atoms with van der Waals surface area (Å²) in [6, 6.07) is 21.7. The van der Waals surface area contributed by atoms with Crippen LogP contribution < -0.4 is 5.32 Å². The molecule has 198 valence electrons. The smallest absolute Gasteiger partial charge is 0.404 e.